The summed E-state index contributed by atoms with van der Waals surface area (Å²) in [7, 11) is 1.54. The molecule has 2 aromatic rings. The molecule has 0 spiro atoms. The van der Waals surface area contributed by atoms with Crippen molar-refractivity contribution in [2.75, 3.05) is 19.0 Å². The lowest BCUT2D eigenvalue weighted by atomic mass is 10.1. The van der Waals surface area contributed by atoms with Gasteiger partial charge in [0.2, 0.25) is 5.91 Å². The molecule has 0 unspecified atom stereocenters. The second kappa shape index (κ2) is 8.72. The van der Waals surface area contributed by atoms with Crippen LogP contribution in [0.25, 0.3) is 0 Å². The number of nitrogens with one attached hydrogen (secondary N) is 1. The van der Waals surface area contributed by atoms with Gasteiger partial charge in [-0.25, -0.2) is 0 Å². The summed E-state index contributed by atoms with van der Waals surface area (Å²) in [6.45, 7) is 2.48. The molecule has 126 valence electrons. The van der Waals surface area contributed by atoms with Gasteiger partial charge in [0.15, 0.2) is 5.78 Å². The average Bonchev–Trinajstić information content (AvgIpc) is 2.61. The SMILES string of the molecule is CCOc1ccc(C(=O)CCC(=O)Nc2ccccc2OC)cc1. The molecule has 0 atom stereocenters. The van der Waals surface area contributed by atoms with Crippen LogP contribution in [0.3, 0.4) is 0 Å². The molecular formula is C19H21NO4. The Morgan fingerprint density at radius 1 is 1.00 bits per heavy atom. The summed E-state index contributed by atoms with van der Waals surface area (Å²) in [6.07, 6.45) is 0.263. The summed E-state index contributed by atoms with van der Waals surface area (Å²) in [5.74, 6) is 1.01. The Labute approximate surface area is 141 Å². The topological polar surface area (TPSA) is 64.6 Å². The lowest BCUT2D eigenvalue weighted by molar-refractivity contribution is -0.116. The van der Waals surface area contributed by atoms with E-state index >= 15 is 0 Å². The second-order valence-electron chi connectivity index (χ2n) is 5.13. The molecule has 2 aromatic carbocycles. The van der Waals surface area contributed by atoms with Crippen LogP contribution in [0, 0.1) is 0 Å². The number of hydrogen-bond acceptors (Lipinski definition) is 4. The monoisotopic (exact) mass is 327 g/mol. The highest BCUT2D eigenvalue weighted by Gasteiger charge is 2.11. The highest BCUT2D eigenvalue weighted by atomic mass is 16.5. The predicted octanol–water partition coefficient (Wildman–Crippen LogP) is 3.70. The van der Waals surface area contributed by atoms with Gasteiger partial charge in [-0.1, -0.05) is 12.1 Å². The summed E-state index contributed by atoms with van der Waals surface area (Å²) in [5.41, 5.74) is 1.17. The van der Waals surface area contributed by atoms with Crippen molar-refractivity contribution in [3.63, 3.8) is 0 Å². The molecule has 0 radical (unpaired) electrons. The van der Waals surface area contributed by atoms with Crippen molar-refractivity contribution in [1.29, 1.82) is 0 Å². The first-order valence-corrected chi connectivity index (χ1v) is 7.83. The van der Waals surface area contributed by atoms with E-state index in [4.69, 9.17) is 9.47 Å². The maximum absolute atomic E-state index is 12.1. The quantitative estimate of drug-likeness (QED) is 0.751. The van der Waals surface area contributed by atoms with Gasteiger partial charge in [-0.15, -0.1) is 0 Å². The van der Waals surface area contributed by atoms with E-state index in [0.717, 1.165) is 5.75 Å². The van der Waals surface area contributed by atoms with Gasteiger partial charge in [-0.2, -0.15) is 0 Å². The maximum atomic E-state index is 12.1. The van der Waals surface area contributed by atoms with Crippen molar-refractivity contribution < 1.29 is 19.1 Å². The van der Waals surface area contributed by atoms with Crippen LogP contribution >= 0.6 is 0 Å². The first kappa shape index (κ1) is 17.5. The molecule has 1 amide bonds. The van der Waals surface area contributed by atoms with E-state index in [1.54, 1.807) is 43.5 Å². The Morgan fingerprint density at radius 2 is 1.71 bits per heavy atom. The third-order valence-corrected chi connectivity index (χ3v) is 3.45. The van der Waals surface area contributed by atoms with Crippen molar-refractivity contribution in [2.45, 2.75) is 19.8 Å². The summed E-state index contributed by atoms with van der Waals surface area (Å²) in [5, 5.41) is 2.76. The smallest absolute Gasteiger partial charge is 0.224 e. The zero-order chi connectivity index (χ0) is 17.4. The number of ether oxygens (including phenoxy) is 2. The molecule has 1 N–H and O–H groups in total. The van der Waals surface area contributed by atoms with Gasteiger partial charge in [0, 0.05) is 18.4 Å². The van der Waals surface area contributed by atoms with Crippen LogP contribution in [0.4, 0.5) is 5.69 Å². The number of carbonyl (C=O) groups excluding carboxylic acids is 2. The van der Waals surface area contributed by atoms with Crippen LogP contribution in [-0.4, -0.2) is 25.4 Å². The molecular weight excluding hydrogens is 306 g/mol. The van der Waals surface area contributed by atoms with Crippen molar-refractivity contribution in [2.24, 2.45) is 0 Å². The largest absolute Gasteiger partial charge is 0.495 e. The summed E-state index contributed by atoms with van der Waals surface area (Å²) >= 11 is 0. The van der Waals surface area contributed by atoms with Crippen LogP contribution in [0.15, 0.2) is 48.5 Å². The Balaban J connectivity index is 1.87. The fourth-order valence-electron chi connectivity index (χ4n) is 2.24. The van der Waals surface area contributed by atoms with E-state index in [9.17, 15) is 9.59 Å². The first-order chi connectivity index (χ1) is 11.6. The molecule has 0 fully saturated rings. The lowest BCUT2D eigenvalue weighted by Gasteiger charge is -2.09. The molecule has 2 rings (SSSR count). The highest BCUT2D eigenvalue weighted by Crippen LogP contribution is 2.23. The number of carbonyl (C=O) groups is 2. The molecule has 0 aliphatic heterocycles. The third-order valence-electron chi connectivity index (χ3n) is 3.45. The zero-order valence-electron chi connectivity index (χ0n) is 13.9. The first-order valence-electron chi connectivity index (χ1n) is 7.83. The third kappa shape index (κ3) is 4.84. The predicted molar refractivity (Wildman–Crippen MR) is 92.8 cm³/mol. The summed E-state index contributed by atoms with van der Waals surface area (Å²) < 4.78 is 10.5. The average molecular weight is 327 g/mol. The number of hydrogen-bond donors (Lipinski definition) is 1. The van der Waals surface area contributed by atoms with E-state index in [1.807, 2.05) is 19.1 Å². The fraction of sp³-hybridized carbons (Fsp3) is 0.263. The van der Waals surface area contributed by atoms with Gasteiger partial charge in [0.25, 0.3) is 0 Å². The van der Waals surface area contributed by atoms with Crippen LogP contribution in [0.1, 0.15) is 30.1 Å². The molecule has 0 bridgehead atoms. The molecule has 0 heterocycles. The maximum Gasteiger partial charge on any atom is 0.224 e. The minimum Gasteiger partial charge on any atom is -0.495 e. The number of Topliss-reactive ketones (excluding diaryl/α,β-unsaturated/α-hetero) is 1. The molecule has 5 nitrogen and oxygen atoms in total. The van der Waals surface area contributed by atoms with Crippen molar-refractivity contribution in [3.8, 4) is 11.5 Å². The molecule has 0 saturated carbocycles. The standard InChI is InChI=1S/C19H21NO4/c1-3-24-15-10-8-14(9-11-15)17(21)12-13-19(22)20-16-6-4-5-7-18(16)23-2/h4-11H,3,12-13H2,1-2H3,(H,20,22). The molecule has 0 aliphatic carbocycles. The van der Waals surface area contributed by atoms with E-state index < -0.39 is 0 Å². The number of ketones is 1. The number of benzene rings is 2. The zero-order valence-corrected chi connectivity index (χ0v) is 13.9. The second-order valence-corrected chi connectivity index (χ2v) is 5.13. The highest BCUT2D eigenvalue weighted by molar-refractivity contribution is 6.00. The van der Waals surface area contributed by atoms with Gasteiger partial charge >= 0.3 is 0 Å². The van der Waals surface area contributed by atoms with Gasteiger partial charge in [0.1, 0.15) is 11.5 Å². The number of amides is 1. The van der Waals surface area contributed by atoms with E-state index in [-0.39, 0.29) is 24.5 Å². The van der Waals surface area contributed by atoms with Crippen molar-refractivity contribution >= 4 is 17.4 Å². The molecule has 5 heteroatoms. The number of anilines is 1. The lowest BCUT2D eigenvalue weighted by Crippen LogP contribution is -2.14. The minimum atomic E-state index is -0.223. The van der Waals surface area contributed by atoms with Crippen LogP contribution in [0.5, 0.6) is 11.5 Å². The molecule has 0 aromatic heterocycles. The molecule has 0 saturated heterocycles. The Bertz CT molecular complexity index is 695. The van der Waals surface area contributed by atoms with Gasteiger partial charge < -0.3 is 14.8 Å². The van der Waals surface area contributed by atoms with Crippen LogP contribution < -0.4 is 14.8 Å². The Morgan fingerprint density at radius 3 is 2.38 bits per heavy atom. The minimum absolute atomic E-state index is 0.0757. The number of para-hydroxylation sites is 2. The normalized spacial score (nSPS) is 10.1. The summed E-state index contributed by atoms with van der Waals surface area (Å²) in [6, 6.07) is 14.1. The fourth-order valence-corrected chi connectivity index (χ4v) is 2.24. The summed E-state index contributed by atoms with van der Waals surface area (Å²) in [4.78, 5) is 24.2. The van der Waals surface area contributed by atoms with E-state index in [2.05, 4.69) is 5.32 Å². The molecule has 24 heavy (non-hydrogen) atoms. The number of rotatable bonds is 8. The van der Waals surface area contributed by atoms with Crippen LogP contribution in [-0.2, 0) is 4.79 Å². The Kier molecular flexibility index (Phi) is 6.37. The Hall–Kier alpha value is -2.82. The van der Waals surface area contributed by atoms with Gasteiger partial charge in [-0.3, -0.25) is 9.59 Å². The van der Waals surface area contributed by atoms with E-state index in [0.29, 0.717) is 23.6 Å². The van der Waals surface area contributed by atoms with Gasteiger partial charge in [-0.05, 0) is 43.3 Å². The van der Waals surface area contributed by atoms with E-state index in [1.165, 1.54) is 0 Å². The van der Waals surface area contributed by atoms with Crippen LogP contribution in [0.2, 0.25) is 0 Å². The van der Waals surface area contributed by atoms with Crippen molar-refractivity contribution in [3.05, 3.63) is 54.1 Å². The molecule has 0 aliphatic rings. The van der Waals surface area contributed by atoms with Gasteiger partial charge in [0.05, 0.1) is 19.4 Å². The van der Waals surface area contributed by atoms with Crippen molar-refractivity contribution in [1.82, 2.24) is 0 Å². The number of methoxy groups -OCH3 is 1.